The summed E-state index contributed by atoms with van der Waals surface area (Å²) in [6.07, 6.45) is -1.12. The average Bonchev–Trinajstić information content (AvgIpc) is 2.61. The van der Waals surface area contributed by atoms with Gasteiger partial charge in [0.05, 0.1) is 19.6 Å². The second-order valence-corrected chi connectivity index (χ2v) is 2.85. The van der Waals surface area contributed by atoms with E-state index in [4.69, 9.17) is 0 Å². The number of rotatable bonds is 3. The second-order valence-electron chi connectivity index (χ2n) is 2.85. The largest absolute Gasteiger partial charge is 0.461 e. The Hall–Kier alpha value is -1.92. The number of imide groups is 1. The quantitative estimate of drug-likeness (QED) is 0.648. The molecule has 0 fully saturated rings. The SMILES string of the molecule is CCOC(=O)C1=NN(C(=O)OCC)C(=O)C1. The predicted octanol–water partition coefficient (Wildman–Crippen LogP) is 0.294. The molecule has 16 heavy (non-hydrogen) atoms. The van der Waals surface area contributed by atoms with Crippen LogP contribution < -0.4 is 0 Å². The van der Waals surface area contributed by atoms with Gasteiger partial charge in [0.2, 0.25) is 0 Å². The van der Waals surface area contributed by atoms with Crippen LogP contribution in [0, 0.1) is 0 Å². The van der Waals surface area contributed by atoms with Crippen LogP contribution >= 0.6 is 0 Å². The Morgan fingerprint density at radius 3 is 2.50 bits per heavy atom. The Balaban J connectivity index is 2.71. The standard InChI is InChI=1S/C9H12N2O5/c1-3-15-8(13)6-5-7(12)11(10-6)9(14)16-4-2/h3-5H2,1-2H3. The molecule has 1 rings (SSSR count). The fraction of sp³-hybridized carbons (Fsp3) is 0.556. The summed E-state index contributed by atoms with van der Waals surface area (Å²) >= 11 is 0. The predicted molar refractivity (Wildman–Crippen MR) is 52.6 cm³/mol. The summed E-state index contributed by atoms with van der Waals surface area (Å²) < 4.78 is 9.25. The van der Waals surface area contributed by atoms with Crippen molar-refractivity contribution in [2.75, 3.05) is 13.2 Å². The van der Waals surface area contributed by atoms with E-state index in [1.165, 1.54) is 0 Å². The van der Waals surface area contributed by atoms with Crippen molar-refractivity contribution >= 4 is 23.7 Å². The Kier molecular flexibility index (Phi) is 3.98. The minimum Gasteiger partial charge on any atom is -0.461 e. The van der Waals surface area contributed by atoms with E-state index in [2.05, 4.69) is 14.6 Å². The fourth-order valence-corrected chi connectivity index (χ4v) is 1.08. The van der Waals surface area contributed by atoms with Gasteiger partial charge in [0, 0.05) is 0 Å². The molecule has 2 amide bonds. The first-order valence-corrected chi connectivity index (χ1v) is 4.84. The number of nitrogens with zero attached hydrogens (tertiary/aromatic N) is 2. The zero-order valence-corrected chi connectivity index (χ0v) is 9.06. The summed E-state index contributed by atoms with van der Waals surface area (Å²) in [4.78, 5) is 33.8. The van der Waals surface area contributed by atoms with Gasteiger partial charge >= 0.3 is 12.1 Å². The Morgan fingerprint density at radius 1 is 1.31 bits per heavy atom. The number of hydrogen-bond donors (Lipinski definition) is 0. The molecule has 0 bridgehead atoms. The number of amides is 2. The Morgan fingerprint density at radius 2 is 1.94 bits per heavy atom. The van der Waals surface area contributed by atoms with Gasteiger partial charge in [0.15, 0.2) is 5.71 Å². The van der Waals surface area contributed by atoms with E-state index >= 15 is 0 Å². The first kappa shape index (κ1) is 12.2. The minimum atomic E-state index is -0.883. The number of ether oxygens (including phenoxy) is 2. The Labute approximate surface area is 92.0 Å². The van der Waals surface area contributed by atoms with Gasteiger partial charge in [-0.3, -0.25) is 4.79 Å². The molecule has 7 heteroatoms. The van der Waals surface area contributed by atoms with Crippen LogP contribution in [0.3, 0.4) is 0 Å². The van der Waals surface area contributed by atoms with Gasteiger partial charge in [-0.15, -0.1) is 5.01 Å². The van der Waals surface area contributed by atoms with Crippen molar-refractivity contribution in [2.45, 2.75) is 20.3 Å². The van der Waals surface area contributed by atoms with Gasteiger partial charge in [0.25, 0.3) is 5.91 Å². The first-order valence-electron chi connectivity index (χ1n) is 4.84. The molecule has 0 unspecified atom stereocenters. The van der Waals surface area contributed by atoms with Gasteiger partial charge in [-0.2, -0.15) is 5.10 Å². The van der Waals surface area contributed by atoms with Crippen LogP contribution in [-0.4, -0.2) is 41.9 Å². The summed E-state index contributed by atoms with van der Waals surface area (Å²) in [6, 6.07) is 0. The van der Waals surface area contributed by atoms with E-state index in [1.54, 1.807) is 13.8 Å². The Bertz CT molecular complexity index is 350. The van der Waals surface area contributed by atoms with Crippen molar-refractivity contribution in [1.29, 1.82) is 0 Å². The van der Waals surface area contributed by atoms with Crippen molar-refractivity contribution in [3.8, 4) is 0 Å². The first-order chi connectivity index (χ1) is 7.60. The van der Waals surface area contributed by atoms with Crippen molar-refractivity contribution in [3.05, 3.63) is 0 Å². The number of esters is 1. The van der Waals surface area contributed by atoms with Crippen LogP contribution in [-0.2, 0) is 19.1 Å². The maximum Gasteiger partial charge on any atom is 0.437 e. The third kappa shape index (κ3) is 2.56. The van der Waals surface area contributed by atoms with Gasteiger partial charge in [-0.05, 0) is 13.8 Å². The molecule has 0 saturated heterocycles. The third-order valence-corrected chi connectivity index (χ3v) is 1.73. The number of hydrogen-bond acceptors (Lipinski definition) is 6. The zero-order valence-electron chi connectivity index (χ0n) is 9.06. The number of carbonyl (C=O) groups is 3. The lowest BCUT2D eigenvalue weighted by Crippen LogP contribution is -2.28. The van der Waals surface area contributed by atoms with Crippen LogP contribution in [0.4, 0.5) is 4.79 Å². The summed E-state index contributed by atoms with van der Waals surface area (Å²) in [5, 5.41) is 4.09. The molecule has 7 nitrogen and oxygen atoms in total. The van der Waals surface area contributed by atoms with E-state index in [1.807, 2.05) is 0 Å². The molecule has 88 valence electrons. The molecule has 1 aliphatic heterocycles. The lowest BCUT2D eigenvalue weighted by Gasteiger charge is -2.07. The van der Waals surface area contributed by atoms with Crippen molar-refractivity contribution in [2.24, 2.45) is 5.10 Å². The summed E-state index contributed by atoms with van der Waals surface area (Å²) in [6.45, 7) is 3.56. The van der Waals surface area contributed by atoms with E-state index in [-0.39, 0.29) is 25.3 Å². The van der Waals surface area contributed by atoms with Crippen molar-refractivity contribution in [3.63, 3.8) is 0 Å². The van der Waals surface area contributed by atoms with Gasteiger partial charge in [-0.25, -0.2) is 9.59 Å². The van der Waals surface area contributed by atoms with Crippen molar-refractivity contribution < 1.29 is 23.9 Å². The highest BCUT2D eigenvalue weighted by molar-refractivity contribution is 6.41. The van der Waals surface area contributed by atoms with E-state index in [9.17, 15) is 14.4 Å². The topological polar surface area (TPSA) is 85.3 Å². The van der Waals surface area contributed by atoms with Crippen LogP contribution in [0.25, 0.3) is 0 Å². The summed E-state index contributed by atoms with van der Waals surface area (Å²) in [7, 11) is 0. The molecule has 1 heterocycles. The number of carbonyl (C=O) groups excluding carboxylic acids is 3. The maximum absolute atomic E-state index is 11.3. The highest BCUT2D eigenvalue weighted by Crippen LogP contribution is 2.10. The summed E-state index contributed by atoms with van der Waals surface area (Å²) in [5.74, 6) is -1.29. The molecule has 0 radical (unpaired) electrons. The second kappa shape index (κ2) is 5.24. The molecule has 0 N–H and O–H groups in total. The van der Waals surface area contributed by atoms with E-state index in [0.29, 0.717) is 5.01 Å². The molecule has 0 aromatic heterocycles. The van der Waals surface area contributed by atoms with Crippen LogP contribution in [0.2, 0.25) is 0 Å². The normalized spacial score (nSPS) is 14.8. The molecule has 0 aliphatic carbocycles. The zero-order chi connectivity index (χ0) is 12.1. The van der Waals surface area contributed by atoms with Crippen LogP contribution in [0.15, 0.2) is 5.10 Å². The van der Waals surface area contributed by atoms with Crippen LogP contribution in [0.1, 0.15) is 20.3 Å². The highest BCUT2D eigenvalue weighted by Gasteiger charge is 2.34. The molecule has 0 spiro atoms. The van der Waals surface area contributed by atoms with Gasteiger partial charge < -0.3 is 9.47 Å². The monoisotopic (exact) mass is 228 g/mol. The third-order valence-electron chi connectivity index (χ3n) is 1.73. The van der Waals surface area contributed by atoms with E-state index in [0.717, 1.165) is 0 Å². The minimum absolute atomic E-state index is 0.0834. The average molecular weight is 228 g/mol. The number of hydrazone groups is 1. The molecular formula is C9H12N2O5. The maximum atomic E-state index is 11.3. The van der Waals surface area contributed by atoms with Gasteiger partial charge in [0.1, 0.15) is 0 Å². The molecule has 1 aliphatic rings. The molecular weight excluding hydrogens is 216 g/mol. The van der Waals surface area contributed by atoms with Crippen LogP contribution in [0.5, 0.6) is 0 Å². The molecule has 0 atom stereocenters. The fourth-order valence-electron chi connectivity index (χ4n) is 1.08. The summed E-state index contributed by atoms with van der Waals surface area (Å²) in [5.41, 5.74) is -0.0834. The van der Waals surface area contributed by atoms with Crippen molar-refractivity contribution in [1.82, 2.24) is 5.01 Å². The smallest absolute Gasteiger partial charge is 0.437 e. The van der Waals surface area contributed by atoms with E-state index < -0.39 is 18.0 Å². The lowest BCUT2D eigenvalue weighted by molar-refractivity contribution is -0.135. The highest BCUT2D eigenvalue weighted by atomic mass is 16.6. The molecule has 0 aromatic rings. The van der Waals surface area contributed by atoms with Gasteiger partial charge in [-0.1, -0.05) is 0 Å². The molecule has 0 saturated carbocycles. The lowest BCUT2D eigenvalue weighted by atomic mass is 10.3. The molecule has 0 aromatic carbocycles.